The molecular weight excluding hydrogens is 300 g/mol. The molecule has 0 aromatic heterocycles. The largest absolute Gasteiger partial charge is 0.507 e. The van der Waals surface area contributed by atoms with Crippen LogP contribution in [-0.2, 0) is 9.53 Å². The second kappa shape index (κ2) is 5.81. The maximum Gasteiger partial charge on any atom is 0.339 e. The number of ether oxygens (including phenoxy) is 1. The van der Waals surface area contributed by atoms with Gasteiger partial charge in [0.2, 0.25) is 0 Å². The lowest BCUT2D eigenvalue weighted by Gasteiger charge is -2.31. The zero-order chi connectivity index (χ0) is 15.7. The monoisotopic (exact) mass is 318 g/mol. The number of halogens is 1. The topological polar surface area (TPSA) is 46.5 Å². The van der Waals surface area contributed by atoms with E-state index in [1.54, 1.807) is 18.2 Å². The van der Waals surface area contributed by atoms with Gasteiger partial charge in [-0.15, -0.1) is 6.58 Å². The summed E-state index contributed by atoms with van der Waals surface area (Å²) in [5.41, 5.74) is 0.317. The summed E-state index contributed by atoms with van der Waals surface area (Å²) in [5.74, 6) is -0.765. The number of aliphatic hydroxyl groups excluding tert-OH is 1. The molecule has 22 heavy (non-hydrogen) atoms. The number of carbonyl (C=O) groups excluding carboxylic acids is 1. The van der Waals surface area contributed by atoms with Gasteiger partial charge >= 0.3 is 5.97 Å². The van der Waals surface area contributed by atoms with Crippen molar-refractivity contribution in [1.29, 1.82) is 0 Å². The summed E-state index contributed by atoms with van der Waals surface area (Å²) in [5, 5.41) is 11.3. The van der Waals surface area contributed by atoms with Crippen LogP contribution in [0.1, 0.15) is 43.6 Å². The quantitative estimate of drug-likeness (QED) is 0.650. The van der Waals surface area contributed by atoms with Crippen LogP contribution in [0, 0.1) is 0 Å². The van der Waals surface area contributed by atoms with Gasteiger partial charge in [-0.05, 0) is 43.4 Å². The maximum absolute atomic E-state index is 12.4. The molecule has 0 radical (unpaired) electrons. The highest BCUT2D eigenvalue weighted by molar-refractivity contribution is 6.30. The van der Waals surface area contributed by atoms with Crippen molar-refractivity contribution < 1.29 is 14.6 Å². The molecule has 0 bridgehead atoms. The van der Waals surface area contributed by atoms with Gasteiger partial charge in [0.1, 0.15) is 5.76 Å². The molecule has 1 aromatic rings. The average molecular weight is 319 g/mol. The summed E-state index contributed by atoms with van der Waals surface area (Å²) in [4.78, 5) is 12.4. The Bertz CT molecular complexity index is 641. The lowest BCUT2D eigenvalue weighted by Crippen LogP contribution is -2.34. The van der Waals surface area contributed by atoms with E-state index in [1.165, 1.54) is 0 Å². The Hall–Kier alpha value is -1.74. The van der Waals surface area contributed by atoms with Crippen molar-refractivity contribution in [1.82, 2.24) is 0 Å². The van der Waals surface area contributed by atoms with Gasteiger partial charge in [-0.1, -0.05) is 36.2 Å². The van der Waals surface area contributed by atoms with Crippen LogP contribution in [0.2, 0.25) is 5.02 Å². The van der Waals surface area contributed by atoms with Crippen LogP contribution in [-0.4, -0.2) is 16.7 Å². The average Bonchev–Trinajstić information content (AvgIpc) is 2.73. The minimum absolute atomic E-state index is 0.0853. The summed E-state index contributed by atoms with van der Waals surface area (Å²) in [6.45, 7) is 3.82. The molecule has 1 fully saturated rings. The first-order chi connectivity index (χ1) is 10.6. The second-order valence-electron chi connectivity index (χ2n) is 5.98. The minimum atomic E-state index is -0.815. The lowest BCUT2D eigenvalue weighted by atomic mass is 9.81. The molecule has 0 saturated heterocycles. The van der Waals surface area contributed by atoms with Gasteiger partial charge in [0.15, 0.2) is 5.60 Å². The second-order valence-corrected chi connectivity index (χ2v) is 6.41. The molecule has 116 valence electrons. The predicted octanol–water partition coefficient (Wildman–Crippen LogP) is 4.68. The van der Waals surface area contributed by atoms with Crippen LogP contribution in [0.5, 0.6) is 0 Å². The first kappa shape index (κ1) is 15.2. The number of allylic oxidation sites excluding steroid dienone is 1. The van der Waals surface area contributed by atoms with E-state index in [9.17, 15) is 9.90 Å². The maximum atomic E-state index is 12.4. The van der Waals surface area contributed by atoms with E-state index in [0.717, 1.165) is 24.8 Å². The molecule has 1 spiro atoms. The molecule has 1 aliphatic heterocycles. The Morgan fingerprint density at radius 3 is 2.68 bits per heavy atom. The fourth-order valence-corrected chi connectivity index (χ4v) is 3.68. The van der Waals surface area contributed by atoms with Crippen molar-refractivity contribution in [3.63, 3.8) is 0 Å². The van der Waals surface area contributed by atoms with E-state index < -0.39 is 17.5 Å². The molecule has 1 heterocycles. The molecule has 4 heteroatoms. The molecule has 2 aliphatic rings. The fourth-order valence-electron chi connectivity index (χ4n) is 3.48. The summed E-state index contributed by atoms with van der Waals surface area (Å²) < 4.78 is 5.61. The van der Waals surface area contributed by atoms with Gasteiger partial charge in [-0.25, -0.2) is 4.79 Å². The van der Waals surface area contributed by atoms with Gasteiger partial charge < -0.3 is 9.84 Å². The molecule has 1 unspecified atom stereocenters. The Labute approximate surface area is 135 Å². The van der Waals surface area contributed by atoms with Crippen molar-refractivity contribution in [3.8, 4) is 0 Å². The van der Waals surface area contributed by atoms with E-state index >= 15 is 0 Å². The number of esters is 1. The number of hydrogen-bond donors (Lipinski definition) is 1. The Morgan fingerprint density at radius 2 is 2.05 bits per heavy atom. The smallest absolute Gasteiger partial charge is 0.339 e. The first-order valence-corrected chi connectivity index (χ1v) is 8.00. The van der Waals surface area contributed by atoms with E-state index in [2.05, 4.69) is 6.58 Å². The van der Waals surface area contributed by atoms with Gasteiger partial charge in [0.25, 0.3) is 0 Å². The fraction of sp³-hybridized carbons (Fsp3) is 0.389. The minimum Gasteiger partial charge on any atom is -0.507 e. The highest BCUT2D eigenvalue weighted by atomic mass is 35.5. The van der Waals surface area contributed by atoms with E-state index in [-0.39, 0.29) is 5.76 Å². The molecule has 1 atom stereocenters. The first-order valence-electron chi connectivity index (χ1n) is 7.62. The van der Waals surface area contributed by atoms with Crippen molar-refractivity contribution in [2.45, 2.75) is 43.6 Å². The molecular formula is C18H19ClO3. The van der Waals surface area contributed by atoms with Gasteiger partial charge in [-0.3, -0.25) is 0 Å². The molecule has 1 aliphatic carbocycles. The highest BCUT2D eigenvalue weighted by Crippen LogP contribution is 2.46. The summed E-state index contributed by atoms with van der Waals surface area (Å²) in [6.07, 6.45) is 6.06. The molecule has 0 amide bonds. The molecule has 1 aromatic carbocycles. The zero-order valence-electron chi connectivity index (χ0n) is 12.3. The molecule has 1 saturated carbocycles. The third-order valence-corrected chi connectivity index (χ3v) is 4.85. The Morgan fingerprint density at radius 1 is 1.32 bits per heavy atom. The van der Waals surface area contributed by atoms with Gasteiger partial charge in [-0.2, -0.15) is 0 Å². The number of benzene rings is 1. The number of hydrogen-bond acceptors (Lipinski definition) is 3. The third kappa shape index (κ3) is 2.44. The number of carbonyl (C=O) groups is 1. The molecule has 1 N–H and O–H groups in total. The normalized spacial score (nSPS) is 21.8. The van der Waals surface area contributed by atoms with Crippen LogP contribution in [0.4, 0.5) is 0 Å². The van der Waals surface area contributed by atoms with Crippen LogP contribution in [0.25, 0.3) is 0 Å². The van der Waals surface area contributed by atoms with Crippen LogP contribution in [0.15, 0.2) is 48.3 Å². The van der Waals surface area contributed by atoms with E-state index in [0.29, 0.717) is 23.4 Å². The van der Waals surface area contributed by atoms with Gasteiger partial charge in [0.05, 0.1) is 5.57 Å². The van der Waals surface area contributed by atoms with Crippen molar-refractivity contribution in [2.24, 2.45) is 0 Å². The highest BCUT2D eigenvalue weighted by Gasteiger charge is 2.50. The van der Waals surface area contributed by atoms with Crippen LogP contribution >= 0.6 is 11.6 Å². The third-order valence-electron chi connectivity index (χ3n) is 4.61. The standard InChI is InChI=1S/C18H19ClO3/c1-2-14(12-7-6-8-13(19)11-12)15-16(20)18(22-17(15)21)9-4-3-5-10-18/h2,6-8,11,14,20H,1,3-5,9-10H2. The zero-order valence-corrected chi connectivity index (χ0v) is 13.1. The van der Waals surface area contributed by atoms with Crippen LogP contribution in [0.3, 0.4) is 0 Å². The van der Waals surface area contributed by atoms with Crippen molar-refractivity contribution in [3.05, 3.63) is 58.8 Å². The number of aliphatic hydroxyl groups is 1. The van der Waals surface area contributed by atoms with Crippen molar-refractivity contribution >= 4 is 17.6 Å². The Balaban J connectivity index is 2.03. The Kier molecular flexibility index (Phi) is 4.00. The summed E-state index contributed by atoms with van der Waals surface area (Å²) in [6, 6.07) is 7.25. The van der Waals surface area contributed by atoms with Gasteiger partial charge in [0, 0.05) is 10.9 Å². The lowest BCUT2D eigenvalue weighted by molar-refractivity contribution is -0.151. The number of rotatable bonds is 3. The predicted molar refractivity (Wildman–Crippen MR) is 86.0 cm³/mol. The SMILES string of the molecule is C=CC(C1=C(O)C2(CCCCC2)OC1=O)c1cccc(Cl)c1. The van der Waals surface area contributed by atoms with Crippen molar-refractivity contribution in [2.75, 3.05) is 0 Å². The molecule has 3 nitrogen and oxygen atoms in total. The van der Waals surface area contributed by atoms with E-state index in [4.69, 9.17) is 16.3 Å². The summed E-state index contributed by atoms with van der Waals surface area (Å²) >= 11 is 6.04. The summed E-state index contributed by atoms with van der Waals surface area (Å²) in [7, 11) is 0. The molecule has 3 rings (SSSR count). The van der Waals surface area contributed by atoms with Crippen LogP contribution < -0.4 is 0 Å². The van der Waals surface area contributed by atoms with E-state index in [1.807, 2.05) is 12.1 Å².